The van der Waals surface area contributed by atoms with Crippen LogP contribution in [0.25, 0.3) is 0 Å². The van der Waals surface area contributed by atoms with Gasteiger partial charge in [0, 0.05) is 36.3 Å². The Bertz CT molecular complexity index is 932. The first-order valence-corrected chi connectivity index (χ1v) is 12.8. The van der Waals surface area contributed by atoms with Gasteiger partial charge in [0.2, 0.25) is 0 Å². The lowest BCUT2D eigenvalue weighted by atomic mass is 9.81. The van der Waals surface area contributed by atoms with Crippen molar-refractivity contribution in [2.45, 2.75) is 38.5 Å². The lowest BCUT2D eigenvalue weighted by molar-refractivity contribution is -0.150. The fraction of sp³-hybridized carbons (Fsp3) is 0.500. The zero-order valence-electron chi connectivity index (χ0n) is 20.7. The van der Waals surface area contributed by atoms with Crippen molar-refractivity contribution in [2.24, 2.45) is 11.8 Å². The van der Waals surface area contributed by atoms with Crippen LogP contribution < -0.4 is 16.0 Å². The fourth-order valence-electron chi connectivity index (χ4n) is 5.34. The Kier molecular flexibility index (Phi) is 8.77. The second kappa shape index (κ2) is 12.2. The van der Waals surface area contributed by atoms with Crippen molar-refractivity contribution in [1.29, 1.82) is 0 Å². The molecule has 7 heteroatoms. The van der Waals surface area contributed by atoms with Crippen molar-refractivity contribution >= 4 is 23.3 Å². The molecule has 4 atom stereocenters. The second-order valence-electron chi connectivity index (χ2n) is 9.29. The van der Waals surface area contributed by atoms with E-state index in [9.17, 15) is 9.59 Å². The van der Waals surface area contributed by atoms with Crippen LogP contribution in [0.1, 0.15) is 49.7 Å². The monoisotopic (exact) mass is 479 g/mol. The number of piperidine rings is 2. The third kappa shape index (κ3) is 6.21. The molecule has 2 aromatic carbocycles. The van der Waals surface area contributed by atoms with E-state index in [1.54, 1.807) is 0 Å². The van der Waals surface area contributed by atoms with E-state index >= 15 is 0 Å². The number of rotatable bonds is 8. The fourth-order valence-corrected chi connectivity index (χ4v) is 5.34. The molecule has 2 aliphatic rings. The Morgan fingerprint density at radius 2 is 1.26 bits per heavy atom. The maximum absolute atomic E-state index is 12.6. The Labute approximate surface area is 208 Å². The molecule has 188 valence electrons. The highest BCUT2D eigenvalue weighted by molar-refractivity contribution is 5.75. The third-order valence-electron chi connectivity index (χ3n) is 7.06. The standard InChI is InChI=1S/C28H37N3O4/c1-3-34-27(32)23-11-13-29-17-25(23)19-7-5-9-21(15-19)31-22-10-6-8-20(16-22)26-18-30-14-12-24(26)28(33)35-4-2/h5-10,15-16,23-26,29-31H,3-4,11-14,17-18H2,1-2H3/t23-,24-,25+,26+/m1/s1. The predicted octanol–water partition coefficient (Wildman–Crippen LogP) is 3.94. The summed E-state index contributed by atoms with van der Waals surface area (Å²) in [5.41, 5.74) is 4.18. The number of nitrogens with one attached hydrogen (secondary N) is 3. The van der Waals surface area contributed by atoms with E-state index in [4.69, 9.17) is 9.47 Å². The first-order valence-electron chi connectivity index (χ1n) is 12.8. The third-order valence-corrected chi connectivity index (χ3v) is 7.06. The van der Waals surface area contributed by atoms with E-state index in [1.165, 1.54) is 0 Å². The normalized spacial score (nSPS) is 24.4. The number of carbonyl (C=O) groups excluding carboxylic acids is 2. The van der Waals surface area contributed by atoms with Gasteiger partial charge in [-0.2, -0.15) is 0 Å². The van der Waals surface area contributed by atoms with Gasteiger partial charge in [-0.05, 0) is 75.2 Å². The maximum Gasteiger partial charge on any atom is 0.309 e. The molecule has 2 fully saturated rings. The van der Waals surface area contributed by atoms with Gasteiger partial charge < -0.3 is 25.4 Å². The van der Waals surface area contributed by atoms with Crippen molar-refractivity contribution in [1.82, 2.24) is 10.6 Å². The highest BCUT2D eigenvalue weighted by Crippen LogP contribution is 2.34. The molecule has 0 bridgehead atoms. The molecule has 0 spiro atoms. The average Bonchev–Trinajstić information content (AvgIpc) is 2.89. The van der Waals surface area contributed by atoms with E-state index in [2.05, 4.69) is 40.2 Å². The van der Waals surface area contributed by atoms with Crippen LogP contribution in [0.15, 0.2) is 48.5 Å². The summed E-state index contributed by atoms with van der Waals surface area (Å²) in [6, 6.07) is 16.6. The van der Waals surface area contributed by atoms with E-state index in [-0.39, 0.29) is 35.6 Å². The molecule has 3 N–H and O–H groups in total. The molecular weight excluding hydrogens is 442 g/mol. The van der Waals surface area contributed by atoms with Gasteiger partial charge in [0.05, 0.1) is 25.0 Å². The Balaban J connectivity index is 1.51. The maximum atomic E-state index is 12.6. The highest BCUT2D eigenvalue weighted by atomic mass is 16.5. The number of carbonyl (C=O) groups is 2. The van der Waals surface area contributed by atoms with Crippen molar-refractivity contribution < 1.29 is 19.1 Å². The lowest BCUT2D eigenvalue weighted by Crippen LogP contribution is -2.39. The average molecular weight is 480 g/mol. The van der Waals surface area contributed by atoms with Crippen LogP contribution in [0.4, 0.5) is 11.4 Å². The minimum atomic E-state index is -0.131. The molecule has 7 nitrogen and oxygen atoms in total. The molecule has 0 amide bonds. The zero-order valence-corrected chi connectivity index (χ0v) is 20.7. The predicted molar refractivity (Wildman–Crippen MR) is 137 cm³/mol. The van der Waals surface area contributed by atoms with Crippen molar-refractivity contribution in [3.8, 4) is 0 Å². The number of hydrogen-bond acceptors (Lipinski definition) is 7. The lowest BCUT2D eigenvalue weighted by Gasteiger charge is -2.31. The van der Waals surface area contributed by atoms with Gasteiger partial charge >= 0.3 is 11.9 Å². The number of benzene rings is 2. The molecule has 0 aliphatic carbocycles. The second-order valence-corrected chi connectivity index (χ2v) is 9.29. The van der Waals surface area contributed by atoms with E-state index in [1.807, 2.05) is 38.1 Å². The summed E-state index contributed by atoms with van der Waals surface area (Å²) in [4.78, 5) is 25.1. The SMILES string of the molecule is CCOC(=O)[C@@H]1CCNC[C@H]1c1cccc(Nc2cccc([C@@H]3CNCC[C@H]3C(=O)OCC)c2)c1. The summed E-state index contributed by atoms with van der Waals surface area (Å²) in [5.74, 6) is -0.324. The summed E-state index contributed by atoms with van der Waals surface area (Å²) in [5, 5.41) is 10.4. The van der Waals surface area contributed by atoms with Crippen molar-refractivity contribution in [2.75, 3.05) is 44.7 Å². The van der Waals surface area contributed by atoms with Crippen molar-refractivity contribution in [3.63, 3.8) is 0 Å². The molecule has 0 unspecified atom stereocenters. The summed E-state index contributed by atoms with van der Waals surface area (Å²) < 4.78 is 10.7. The molecule has 0 saturated carbocycles. The molecule has 35 heavy (non-hydrogen) atoms. The largest absolute Gasteiger partial charge is 0.466 e. The Morgan fingerprint density at radius 3 is 1.69 bits per heavy atom. The first-order chi connectivity index (χ1) is 17.1. The van der Waals surface area contributed by atoms with Crippen LogP contribution in [0.2, 0.25) is 0 Å². The number of esters is 2. The van der Waals surface area contributed by atoms with E-state index in [0.717, 1.165) is 61.5 Å². The Hall–Kier alpha value is -2.90. The topological polar surface area (TPSA) is 88.7 Å². The molecule has 2 heterocycles. The molecule has 0 radical (unpaired) electrons. The van der Waals surface area contributed by atoms with Gasteiger partial charge in [0.1, 0.15) is 0 Å². The van der Waals surface area contributed by atoms with Crippen molar-refractivity contribution in [3.05, 3.63) is 59.7 Å². The number of anilines is 2. The molecule has 2 aromatic rings. The summed E-state index contributed by atoms with van der Waals surface area (Å²) in [6.07, 6.45) is 1.56. The van der Waals surface area contributed by atoms with E-state index < -0.39 is 0 Å². The minimum Gasteiger partial charge on any atom is -0.466 e. The van der Waals surface area contributed by atoms with Gasteiger partial charge in [-0.15, -0.1) is 0 Å². The van der Waals surface area contributed by atoms with Gasteiger partial charge in [-0.1, -0.05) is 24.3 Å². The van der Waals surface area contributed by atoms with Gasteiger partial charge in [-0.25, -0.2) is 0 Å². The molecule has 0 aromatic heterocycles. The van der Waals surface area contributed by atoms with E-state index in [0.29, 0.717) is 13.2 Å². The van der Waals surface area contributed by atoms with Crippen LogP contribution in [0.3, 0.4) is 0 Å². The highest BCUT2D eigenvalue weighted by Gasteiger charge is 2.34. The zero-order chi connectivity index (χ0) is 24.6. The molecule has 2 saturated heterocycles. The van der Waals surface area contributed by atoms with Crippen LogP contribution in [-0.4, -0.2) is 51.3 Å². The summed E-state index contributed by atoms with van der Waals surface area (Å²) in [6.45, 7) is 7.68. The first kappa shape index (κ1) is 25.2. The smallest absolute Gasteiger partial charge is 0.309 e. The Morgan fingerprint density at radius 1 is 0.800 bits per heavy atom. The van der Waals surface area contributed by atoms with Gasteiger partial charge in [-0.3, -0.25) is 9.59 Å². The van der Waals surface area contributed by atoms with Gasteiger partial charge in [0.15, 0.2) is 0 Å². The van der Waals surface area contributed by atoms with Crippen LogP contribution >= 0.6 is 0 Å². The molecule has 4 rings (SSSR count). The van der Waals surface area contributed by atoms with Crippen LogP contribution in [-0.2, 0) is 19.1 Å². The number of hydrogen-bond donors (Lipinski definition) is 3. The minimum absolute atomic E-state index is 0.0783. The summed E-state index contributed by atoms with van der Waals surface area (Å²) in [7, 11) is 0. The quantitative estimate of drug-likeness (QED) is 0.494. The van der Waals surface area contributed by atoms with Gasteiger partial charge in [0.25, 0.3) is 0 Å². The molecular formula is C28H37N3O4. The summed E-state index contributed by atoms with van der Waals surface area (Å²) >= 11 is 0. The molecule has 2 aliphatic heterocycles. The van der Waals surface area contributed by atoms with Crippen LogP contribution in [0.5, 0.6) is 0 Å². The van der Waals surface area contributed by atoms with Crippen LogP contribution in [0, 0.1) is 11.8 Å². The number of ether oxygens (including phenoxy) is 2.